The van der Waals surface area contributed by atoms with Gasteiger partial charge in [-0.3, -0.25) is 0 Å². The predicted octanol–water partition coefficient (Wildman–Crippen LogP) is 1.45. The van der Waals surface area contributed by atoms with E-state index in [1.807, 2.05) is 10.8 Å². The molecule has 7 nitrogen and oxygen atoms in total. The Labute approximate surface area is 116 Å². The third-order valence-corrected chi connectivity index (χ3v) is 3.34. The molecule has 0 fully saturated rings. The average Bonchev–Trinajstić information content (AvgIpc) is 2.92. The summed E-state index contributed by atoms with van der Waals surface area (Å²) in [6, 6.07) is 5.47. The summed E-state index contributed by atoms with van der Waals surface area (Å²) >= 11 is 0. The zero-order valence-corrected chi connectivity index (χ0v) is 11.2. The zero-order valence-electron chi connectivity index (χ0n) is 11.2. The number of nitrogens with zero attached hydrogens (tertiary/aromatic N) is 6. The van der Waals surface area contributed by atoms with Gasteiger partial charge in [-0.25, -0.2) is 9.67 Å². The maximum atomic E-state index is 8.72. The Kier molecular flexibility index (Phi) is 3.29. The summed E-state index contributed by atoms with van der Waals surface area (Å²) in [5.74, 6) is 2.49. The summed E-state index contributed by atoms with van der Waals surface area (Å²) in [5, 5.41) is 24.3. The van der Waals surface area contributed by atoms with E-state index in [1.54, 1.807) is 12.1 Å². The van der Waals surface area contributed by atoms with Crippen LogP contribution < -0.4 is 5.32 Å². The van der Waals surface area contributed by atoms with Crippen LogP contribution in [0.3, 0.4) is 0 Å². The van der Waals surface area contributed by atoms with Gasteiger partial charge in [-0.05, 0) is 25.0 Å². The molecule has 0 radical (unpaired) electrons. The number of rotatable bonds is 3. The van der Waals surface area contributed by atoms with Crippen molar-refractivity contribution in [1.29, 1.82) is 5.26 Å². The van der Waals surface area contributed by atoms with Crippen LogP contribution in [0.5, 0.6) is 0 Å². The maximum absolute atomic E-state index is 8.72. The Balaban J connectivity index is 1.81. The topological polar surface area (TPSA) is 92.3 Å². The maximum Gasteiger partial charge on any atom is 0.163 e. The second kappa shape index (κ2) is 5.25. The number of fused-ring (bicyclic) bond motifs is 1. The number of aromatic nitrogens is 5. The van der Waals surface area contributed by atoms with Crippen LogP contribution in [0.15, 0.2) is 12.1 Å². The van der Waals surface area contributed by atoms with Gasteiger partial charge in [0.05, 0.1) is 6.04 Å². The number of anilines is 1. The van der Waals surface area contributed by atoms with E-state index in [4.69, 9.17) is 5.26 Å². The summed E-state index contributed by atoms with van der Waals surface area (Å²) < 4.78 is 1.97. The van der Waals surface area contributed by atoms with Crippen molar-refractivity contribution in [2.75, 3.05) is 5.32 Å². The molecular weight excluding hydrogens is 254 g/mol. The number of aryl methyl sites for hydroxylation is 2. The Hall–Kier alpha value is -2.49. The smallest absolute Gasteiger partial charge is 0.163 e. The largest absolute Gasteiger partial charge is 0.359 e. The van der Waals surface area contributed by atoms with Gasteiger partial charge in [-0.1, -0.05) is 6.92 Å². The van der Waals surface area contributed by atoms with Gasteiger partial charge in [0.25, 0.3) is 0 Å². The van der Waals surface area contributed by atoms with Crippen molar-refractivity contribution in [1.82, 2.24) is 25.0 Å². The van der Waals surface area contributed by atoms with Crippen LogP contribution in [0, 0.1) is 11.3 Å². The van der Waals surface area contributed by atoms with Crippen LogP contribution in [-0.4, -0.2) is 25.0 Å². The molecule has 0 bridgehead atoms. The third-order valence-electron chi connectivity index (χ3n) is 3.34. The molecule has 102 valence electrons. The average molecular weight is 269 g/mol. The lowest BCUT2D eigenvalue weighted by Gasteiger charge is -2.23. The Morgan fingerprint density at radius 2 is 2.35 bits per heavy atom. The highest BCUT2D eigenvalue weighted by Gasteiger charge is 2.24. The van der Waals surface area contributed by atoms with Crippen molar-refractivity contribution in [3.63, 3.8) is 0 Å². The monoisotopic (exact) mass is 269 g/mol. The standard InChI is InChI=1S/C13H15N7/c1-2-11-16-13-10(4-3-7-20(13)19-11)15-12-6-5-9(8-14)17-18-12/h5-6,10H,2-4,7H2,1H3,(H,15,18). The van der Waals surface area contributed by atoms with Gasteiger partial charge in [-0.2, -0.15) is 10.4 Å². The van der Waals surface area contributed by atoms with E-state index < -0.39 is 0 Å². The molecular formula is C13H15N7. The number of nitrogens with one attached hydrogen (secondary N) is 1. The van der Waals surface area contributed by atoms with Gasteiger partial charge in [-0.15, -0.1) is 10.2 Å². The molecule has 3 rings (SSSR count). The minimum absolute atomic E-state index is 0.0961. The highest BCUT2D eigenvalue weighted by atomic mass is 15.4. The Bertz CT molecular complexity index is 638. The highest BCUT2D eigenvalue weighted by molar-refractivity contribution is 5.37. The molecule has 0 aromatic carbocycles. The molecule has 2 aromatic heterocycles. The molecule has 1 atom stereocenters. The zero-order chi connectivity index (χ0) is 13.9. The van der Waals surface area contributed by atoms with E-state index >= 15 is 0 Å². The minimum Gasteiger partial charge on any atom is -0.359 e. The van der Waals surface area contributed by atoms with Gasteiger partial charge >= 0.3 is 0 Å². The van der Waals surface area contributed by atoms with Crippen molar-refractivity contribution in [2.45, 2.75) is 38.8 Å². The van der Waals surface area contributed by atoms with E-state index in [0.29, 0.717) is 11.5 Å². The Morgan fingerprint density at radius 3 is 3.05 bits per heavy atom. The van der Waals surface area contributed by atoms with E-state index in [1.165, 1.54) is 0 Å². The number of hydrogen-bond donors (Lipinski definition) is 1. The number of hydrogen-bond acceptors (Lipinski definition) is 6. The molecule has 0 saturated heterocycles. The molecule has 0 saturated carbocycles. The second-order valence-electron chi connectivity index (χ2n) is 4.72. The van der Waals surface area contributed by atoms with Crippen LogP contribution in [0.2, 0.25) is 0 Å². The van der Waals surface area contributed by atoms with Crippen molar-refractivity contribution in [2.24, 2.45) is 0 Å². The quantitative estimate of drug-likeness (QED) is 0.906. The van der Waals surface area contributed by atoms with Crippen molar-refractivity contribution >= 4 is 5.82 Å². The van der Waals surface area contributed by atoms with E-state index in [9.17, 15) is 0 Å². The van der Waals surface area contributed by atoms with E-state index in [2.05, 4.69) is 32.5 Å². The first-order valence-corrected chi connectivity index (χ1v) is 6.74. The third kappa shape index (κ3) is 2.32. The fourth-order valence-corrected chi connectivity index (χ4v) is 2.33. The molecule has 0 aliphatic carbocycles. The molecule has 20 heavy (non-hydrogen) atoms. The summed E-state index contributed by atoms with van der Waals surface area (Å²) in [7, 11) is 0. The molecule has 1 N–H and O–H groups in total. The van der Waals surface area contributed by atoms with Gasteiger partial charge in [0.15, 0.2) is 11.5 Å². The summed E-state index contributed by atoms with van der Waals surface area (Å²) in [5.41, 5.74) is 0.315. The number of nitriles is 1. The van der Waals surface area contributed by atoms with Crippen LogP contribution in [0.4, 0.5) is 5.82 Å². The molecule has 3 heterocycles. The molecule has 0 spiro atoms. The minimum atomic E-state index is 0.0961. The molecule has 2 aromatic rings. The first kappa shape index (κ1) is 12.5. The van der Waals surface area contributed by atoms with Crippen LogP contribution >= 0.6 is 0 Å². The van der Waals surface area contributed by atoms with Crippen LogP contribution in [0.25, 0.3) is 0 Å². The van der Waals surface area contributed by atoms with Crippen molar-refractivity contribution < 1.29 is 0 Å². The Morgan fingerprint density at radius 1 is 1.45 bits per heavy atom. The molecule has 7 heteroatoms. The normalized spacial score (nSPS) is 17.3. The SMILES string of the molecule is CCc1nc2n(n1)CCCC2Nc1ccc(C#N)nn1. The van der Waals surface area contributed by atoms with Gasteiger partial charge < -0.3 is 5.32 Å². The summed E-state index contributed by atoms with van der Waals surface area (Å²) in [6.45, 7) is 2.97. The summed E-state index contributed by atoms with van der Waals surface area (Å²) in [6.07, 6.45) is 2.88. The summed E-state index contributed by atoms with van der Waals surface area (Å²) in [4.78, 5) is 4.57. The lowest BCUT2D eigenvalue weighted by atomic mass is 10.1. The van der Waals surface area contributed by atoms with Gasteiger partial charge in [0, 0.05) is 13.0 Å². The molecule has 0 amide bonds. The van der Waals surface area contributed by atoms with Gasteiger partial charge in [0.1, 0.15) is 17.7 Å². The van der Waals surface area contributed by atoms with Crippen molar-refractivity contribution in [3.05, 3.63) is 29.5 Å². The molecule has 1 aliphatic heterocycles. The lowest BCUT2D eigenvalue weighted by Crippen LogP contribution is -2.23. The predicted molar refractivity (Wildman–Crippen MR) is 71.7 cm³/mol. The first-order valence-electron chi connectivity index (χ1n) is 6.74. The molecule has 1 unspecified atom stereocenters. The van der Waals surface area contributed by atoms with E-state index in [0.717, 1.165) is 37.5 Å². The lowest BCUT2D eigenvalue weighted by molar-refractivity contribution is 0.436. The fourth-order valence-electron chi connectivity index (χ4n) is 2.33. The fraction of sp³-hybridized carbons (Fsp3) is 0.462. The second-order valence-corrected chi connectivity index (χ2v) is 4.72. The molecule has 1 aliphatic rings. The van der Waals surface area contributed by atoms with E-state index in [-0.39, 0.29) is 6.04 Å². The van der Waals surface area contributed by atoms with Crippen LogP contribution in [-0.2, 0) is 13.0 Å². The van der Waals surface area contributed by atoms with Gasteiger partial charge in [0.2, 0.25) is 0 Å². The van der Waals surface area contributed by atoms with Crippen molar-refractivity contribution in [3.8, 4) is 6.07 Å². The highest BCUT2D eigenvalue weighted by Crippen LogP contribution is 2.26. The van der Waals surface area contributed by atoms with Crippen LogP contribution in [0.1, 0.15) is 43.1 Å². The first-order chi connectivity index (χ1) is 9.80.